The second-order valence-corrected chi connectivity index (χ2v) is 6.23. The topological polar surface area (TPSA) is 111 Å². The van der Waals surface area contributed by atoms with Crippen LogP contribution in [0.5, 0.6) is 0 Å². The lowest BCUT2D eigenvalue weighted by Gasteiger charge is -2.18. The number of rotatable bonds is 6. The molecule has 118 valence electrons. The van der Waals surface area contributed by atoms with Crippen molar-refractivity contribution in [2.75, 3.05) is 5.75 Å². The molecular weight excluding hydrogens is 306 g/mol. The Hall–Kier alpha value is -1.83. The summed E-state index contributed by atoms with van der Waals surface area (Å²) in [5, 5.41) is 29.7. The molecule has 0 aliphatic rings. The van der Waals surface area contributed by atoms with Crippen LogP contribution in [-0.2, 0) is 4.79 Å². The first-order valence-corrected chi connectivity index (χ1v) is 7.72. The molecule has 1 heterocycles. The van der Waals surface area contributed by atoms with Crippen LogP contribution in [0.15, 0.2) is 24.4 Å². The van der Waals surface area contributed by atoms with E-state index in [-0.39, 0.29) is 17.1 Å². The highest BCUT2D eigenvalue weighted by atomic mass is 32.2. The molecule has 0 bridgehead atoms. The number of fused-ring (bicyclic) bond motifs is 1. The highest BCUT2D eigenvalue weighted by Gasteiger charge is 2.20. The number of carbonyl (C=O) groups is 2. The minimum absolute atomic E-state index is 0.0402. The molecule has 0 aliphatic heterocycles. The second-order valence-electron chi connectivity index (χ2n) is 4.95. The van der Waals surface area contributed by atoms with Crippen LogP contribution in [-0.4, -0.2) is 43.2 Å². The third-order valence-corrected chi connectivity index (χ3v) is 4.21. The van der Waals surface area contributed by atoms with Crippen molar-refractivity contribution >= 4 is 33.7 Å². The molecule has 22 heavy (non-hydrogen) atoms. The molecule has 2 aromatic rings. The predicted octanol–water partition coefficient (Wildman–Crippen LogP) is 1.93. The number of H-pyrrole nitrogens is 1. The second kappa shape index (κ2) is 6.95. The number of hydrogen-bond donors (Lipinski definition) is 4. The lowest BCUT2D eigenvalue weighted by Crippen LogP contribution is -2.19. The highest BCUT2D eigenvalue weighted by Crippen LogP contribution is 2.26. The van der Waals surface area contributed by atoms with Crippen molar-refractivity contribution in [1.29, 1.82) is 0 Å². The summed E-state index contributed by atoms with van der Waals surface area (Å²) in [5.41, 5.74) is 1.20. The van der Waals surface area contributed by atoms with Crippen LogP contribution in [0, 0.1) is 0 Å². The Morgan fingerprint density at radius 3 is 2.68 bits per heavy atom. The van der Waals surface area contributed by atoms with Crippen LogP contribution in [0.25, 0.3) is 10.9 Å². The van der Waals surface area contributed by atoms with Gasteiger partial charge in [0.05, 0.1) is 11.7 Å². The van der Waals surface area contributed by atoms with Crippen LogP contribution in [0.2, 0.25) is 0 Å². The summed E-state index contributed by atoms with van der Waals surface area (Å²) in [6.45, 7) is 1.45. The average Bonchev–Trinajstić information content (AvgIpc) is 2.88. The molecule has 0 amide bonds. The maximum absolute atomic E-state index is 11.1. The molecule has 0 aliphatic carbocycles. The molecule has 0 spiro atoms. The lowest BCUT2D eigenvalue weighted by molar-refractivity contribution is -0.109. The summed E-state index contributed by atoms with van der Waals surface area (Å²) in [6, 6.07) is 4.86. The van der Waals surface area contributed by atoms with Crippen LogP contribution in [0.1, 0.15) is 35.4 Å². The number of aromatic carboxylic acids is 1. The van der Waals surface area contributed by atoms with Gasteiger partial charge >= 0.3 is 5.97 Å². The fraction of sp³-hybridized carbons (Fsp3) is 0.333. The van der Waals surface area contributed by atoms with Crippen molar-refractivity contribution in [1.82, 2.24) is 4.98 Å². The van der Waals surface area contributed by atoms with E-state index in [1.54, 1.807) is 18.2 Å². The van der Waals surface area contributed by atoms with Crippen LogP contribution in [0.4, 0.5) is 0 Å². The number of thioether (sulfide) groups is 1. The summed E-state index contributed by atoms with van der Waals surface area (Å²) in [5.74, 6) is -0.642. The molecule has 0 radical (unpaired) electrons. The maximum Gasteiger partial charge on any atom is 0.337 e. The van der Waals surface area contributed by atoms with E-state index in [0.717, 1.165) is 11.8 Å². The van der Waals surface area contributed by atoms with Gasteiger partial charge in [0.15, 0.2) is 5.12 Å². The van der Waals surface area contributed by atoms with Crippen LogP contribution < -0.4 is 0 Å². The van der Waals surface area contributed by atoms with Gasteiger partial charge in [-0.2, -0.15) is 0 Å². The van der Waals surface area contributed by atoms with E-state index >= 15 is 0 Å². The summed E-state index contributed by atoms with van der Waals surface area (Å²) in [6.07, 6.45) is -0.490. The fourth-order valence-electron chi connectivity index (χ4n) is 2.20. The van der Waals surface area contributed by atoms with Crippen molar-refractivity contribution in [3.05, 3.63) is 35.5 Å². The van der Waals surface area contributed by atoms with Crippen LogP contribution >= 0.6 is 11.8 Å². The molecule has 2 unspecified atom stereocenters. The monoisotopic (exact) mass is 323 g/mol. The van der Waals surface area contributed by atoms with Crippen LogP contribution in [0.3, 0.4) is 0 Å². The van der Waals surface area contributed by atoms with Gasteiger partial charge in [0.1, 0.15) is 6.10 Å². The Kier molecular flexibility index (Phi) is 5.23. The number of carboxylic acids is 1. The molecule has 1 aromatic carbocycles. The SMILES string of the molecule is CC(=O)SCCC(O)C(O)c1ccc2[nH]cc(C(=O)O)c2c1. The predicted molar refractivity (Wildman–Crippen MR) is 84.0 cm³/mol. The van der Waals surface area contributed by atoms with Gasteiger partial charge in [-0.1, -0.05) is 17.8 Å². The van der Waals surface area contributed by atoms with E-state index in [4.69, 9.17) is 5.11 Å². The summed E-state index contributed by atoms with van der Waals surface area (Å²) < 4.78 is 0. The first kappa shape index (κ1) is 16.5. The molecular formula is C15H17NO5S. The molecule has 0 saturated carbocycles. The van der Waals surface area contributed by atoms with E-state index in [2.05, 4.69) is 4.98 Å². The van der Waals surface area contributed by atoms with E-state index in [9.17, 15) is 19.8 Å². The number of benzene rings is 1. The van der Waals surface area contributed by atoms with Gasteiger partial charge in [0, 0.05) is 29.8 Å². The van der Waals surface area contributed by atoms with Gasteiger partial charge in [-0.25, -0.2) is 4.79 Å². The van der Waals surface area contributed by atoms with Crippen molar-refractivity contribution in [3.63, 3.8) is 0 Å². The summed E-state index contributed by atoms with van der Waals surface area (Å²) >= 11 is 1.09. The summed E-state index contributed by atoms with van der Waals surface area (Å²) in [7, 11) is 0. The first-order chi connectivity index (χ1) is 10.4. The minimum atomic E-state index is -1.13. The number of aliphatic hydroxyl groups is 2. The Morgan fingerprint density at radius 1 is 1.32 bits per heavy atom. The standard InChI is InChI=1S/C15H17NO5S/c1-8(17)22-5-4-13(18)14(19)9-2-3-12-10(6-9)11(7-16-12)15(20)21/h2-3,6-7,13-14,16,18-19H,4-5H2,1H3,(H,20,21). The van der Waals surface area contributed by atoms with E-state index < -0.39 is 18.2 Å². The zero-order valence-corrected chi connectivity index (χ0v) is 12.8. The van der Waals surface area contributed by atoms with Crippen molar-refractivity contribution < 1.29 is 24.9 Å². The fourth-order valence-corrected chi connectivity index (χ4v) is 2.85. The van der Waals surface area contributed by atoms with Crippen molar-refractivity contribution in [2.45, 2.75) is 25.6 Å². The van der Waals surface area contributed by atoms with Crippen molar-refractivity contribution in [2.24, 2.45) is 0 Å². The number of hydrogen-bond acceptors (Lipinski definition) is 5. The maximum atomic E-state index is 11.1. The minimum Gasteiger partial charge on any atom is -0.478 e. The quantitative estimate of drug-likeness (QED) is 0.646. The number of aromatic amines is 1. The van der Waals surface area contributed by atoms with E-state index in [1.807, 2.05) is 0 Å². The Morgan fingerprint density at radius 2 is 2.05 bits per heavy atom. The Bertz CT molecular complexity index is 696. The molecule has 2 rings (SSSR count). The third kappa shape index (κ3) is 3.68. The Labute approximate surface area is 131 Å². The van der Waals surface area contributed by atoms with Gasteiger partial charge in [-0.15, -0.1) is 0 Å². The molecule has 0 saturated heterocycles. The lowest BCUT2D eigenvalue weighted by atomic mass is 10.0. The highest BCUT2D eigenvalue weighted by molar-refractivity contribution is 8.13. The van der Waals surface area contributed by atoms with E-state index in [0.29, 0.717) is 22.2 Å². The number of carboxylic acid groups (broad SMARTS) is 1. The molecule has 4 N–H and O–H groups in total. The van der Waals surface area contributed by atoms with Crippen molar-refractivity contribution in [3.8, 4) is 0 Å². The van der Waals surface area contributed by atoms with Gasteiger partial charge in [-0.05, 0) is 24.1 Å². The van der Waals surface area contributed by atoms with Gasteiger partial charge < -0.3 is 20.3 Å². The zero-order valence-electron chi connectivity index (χ0n) is 11.9. The first-order valence-electron chi connectivity index (χ1n) is 6.74. The smallest absolute Gasteiger partial charge is 0.337 e. The average molecular weight is 323 g/mol. The Balaban J connectivity index is 2.16. The summed E-state index contributed by atoms with van der Waals surface area (Å²) in [4.78, 5) is 24.8. The number of nitrogens with one attached hydrogen (secondary N) is 1. The molecule has 7 heteroatoms. The normalized spacial score (nSPS) is 14.0. The third-order valence-electron chi connectivity index (χ3n) is 3.36. The largest absolute Gasteiger partial charge is 0.478 e. The number of carbonyl (C=O) groups excluding carboxylic acids is 1. The zero-order chi connectivity index (χ0) is 16.3. The molecule has 2 atom stereocenters. The number of aliphatic hydroxyl groups excluding tert-OH is 2. The molecule has 6 nitrogen and oxygen atoms in total. The van der Waals surface area contributed by atoms with Gasteiger partial charge in [0.25, 0.3) is 0 Å². The van der Waals surface area contributed by atoms with Gasteiger partial charge in [-0.3, -0.25) is 4.79 Å². The molecule has 1 aromatic heterocycles. The molecule has 0 fully saturated rings. The number of aromatic nitrogens is 1. The van der Waals surface area contributed by atoms with Gasteiger partial charge in [0.2, 0.25) is 0 Å². The van der Waals surface area contributed by atoms with E-state index in [1.165, 1.54) is 13.1 Å².